The minimum Gasteiger partial charge on any atom is -0.339 e. The molecular formula is C10H9F2NO. The molecule has 0 atom stereocenters. The van der Waals surface area contributed by atoms with Crippen molar-refractivity contribution in [2.24, 2.45) is 0 Å². The summed E-state index contributed by atoms with van der Waals surface area (Å²) >= 11 is 0. The summed E-state index contributed by atoms with van der Waals surface area (Å²) in [7, 11) is 0. The second-order valence-electron chi connectivity index (χ2n) is 3.27. The summed E-state index contributed by atoms with van der Waals surface area (Å²) in [5.74, 6) is -2.13. The Bertz CT molecular complexity index is 374. The SMILES string of the molecule is O=C(c1ccc(F)c(F)c1)N1CCC1. The molecule has 0 aromatic heterocycles. The van der Waals surface area contributed by atoms with Crippen LogP contribution in [0.3, 0.4) is 0 Å². The first-order valence-corrected chi connectivity index (χ1v) is 4.43. The summed E-state index contributed by atoms with van der Waals surface area (Å²) < 4.78 is 25.3. The number of hydrogen-bond acceptors (Lipinski definition) is 1. The fraction of sp³-hybridized carbons (Fsp3) is 0.300. The van der Waals surface area contributed by atoms with Gasteiger partial charge in [0.15, 0.2) is 11.6 Å². The quantitative estimate of drug-likeness (QED) is 0.672. The monoisotopic (exact) mass is 197 g/mol. The van der Waals surface area contributed by atoms with Gasteiger partial charge in [0, 0.05) is 18.7 Å². The first-order chi connectivity index (χ1) is 6.68. The lowest BCUT2D eigenvalue weighted by atomic mass is 10.1. The Morgan fingerprint density at radius 3 is 2.43 bits per heavy atom. The molecule has 0 N–H and O–H groups in total. The number of hydrogen-bond donors (Lipinski definition) is 0. The minimum absolute atomic E-state index is 0.212. The second kappa shape index (κ2) is 3.36. The van der Waals surface area contributed by atoms with Crippen molar-refractivity contribution < 1.29 is 13.6 Å². The van der Waals surface area contributed by atoms with Gasteiger partial charge < -0.3 is 4.90 Å². The Morgan fingerprint density at radius 2 is 1.93 bits per heavy atom. The third-order valence-corrected chi connectivity index (χ3v) is 2.31. The van der Waals surface area contributed by atoms with E-state index in [1.165, 1.54) is 6.07 Å². The summed E-state index contributed by atoms with van der Waals surface area (Å²) in [4.78, 5) is 13.1. The van der Waals surface area contributed by atoms with Crippen molar-refractivity contribution in [2.45, 2.75) is 6.42 Å². The van der Waals surface area contributed by atoms with Crippen LogP contribution in [0, 0.1) is 11.6 Å². The number of rotatable bonds is 1. The standard InChI is InChI=1S/C10H9F2NO/c11-8-3-2-7(6-9(8)12)10(14)13-4-1-5-13/h2-3,6H,1,4-5H2. The largest absolute Gasteiger partial charge is 0.339 e. The topological polar surface area (TPSA) is 20.3 Å². The molecule has 1 aliphatic heterocycles. The average Bonchev–Trinajstić information content (AvgIpc) is 2.06. The summed E-state index contributed by atoms with van der Waals surface area (Å²) in [6, 6.07) is 3.22. The van der Waals surface area contributed by atoms with Gasteiger partial charge in [-0.2, -0.15) is 0 Å². The molecule has 2 rings (SSSR count). The van der Waals surface area contributed by atoms with Crippen LogP contribution in [-0.2, 0) is 0 Å². The molecule has 1 fully saturated rings. The van der Waals surface area contributed by atoms with Crippen LogP contribution in [0.1, 0.15) is 16.8 Å². The van der Waals surface area contributed by atoms with E-state index in [2.05, 4.69) is 0 Å². The number of carbonyl (C=O) groups excluding carboxylic acids is 1. The van der Waals surface area contributed by atoms with Gasteiger partial charge in [-0.05, 0) is 24.6 Å². The summed E-state index contributed by atoms with van der Waals surface area (Å²) in [6.45, 7) is 1.41. The van der Waals surface area contributed by atoms with Gasteiger partial charge in [-0.3, -0.25) is 4.79 Å². The van der Waals surface area contributed by atoms with E-state index < -0.39 is 11.6 Å². The Kier molecular flexibility index (Phi) is 2.19. The van der Waals surface area contributed by atoms with E-state index in [0.29, 0.717) is 13.1 Å². The molecular weight excluding hydrogens is 188 g/mol. The van der Waals surface area contributed by atoms with E-state index in [0.717, 1.165) is 18.6 Å². The van der Waals surface area contributed by atoms with E-state index in [9.17, 15) is 13.6 Å². The van der Waals surface area contributed by atoms with Crippen molar-refractivity contribution in [3.8, 4) is 0 Å². The number of benzene rings is 1. The summed E-state index contributed by atoms with van der Waals surface area (Å²) in [5.41, 5.74) is 0.212. The molecule has 14 heavy (non-hydrogen) atoms. The third-order valence-electron chi connectivity index (χ3n) is 2.31. The van der Waals surface area contributed by atoms with Crippen LogP contribution < -0.4 is 0 Å². The van der Waals surface area contributed by atoms with Crippen LogP contribution in [0.4, 0.5) is 8.78 Å². The molecule has 0 bridgehead atoms. The molecule has 4 heteroatoms. The molecule has 2 nitrogen and oxygen atoms in total. The highest BCUT2D eigenvalue weighted by molar-refractivity contribution is 5.94. The lowest BCUT2D eigenvalue weighted by molar-refractivity contribution is 0.0651. The molecule has 0 unspecified atom stereocenters. The van der Waals surface area contributed by atoms with Gasteiger partial charge in [0.25, 0.3) is 5.91 Å². The third kappa shape index (κ3) is 1.47. The molecule has 1 amide bonds. The Hall–Kier alpha value is -1.45. The highest BCUT2D eigenvalue weighted by atomic mass is 19.2. The number of amides is 1. The molecule has 1 heterocycles. The maximum absolute atomic E-state index is 12.8. The Morgan fingerprint density at radius 1 is 1.21 bits per heavy atom. The molecule has 74 valence electrons. The molecule has 0 spiro atoms. The first kappa shape index (κ1) is 9.12. The van der Waals surface area contributed by atoms with Gasteiger partial charge in [0.1, 0.15) is 0 Å². The molecule has 0 saturated carbocycles. The maximum atomic E-state index is 12.8. The Balaban J connectivity index is 2.23. The van der Waals surface area contributed by atoms with Gasteiger partial charge >= 0.3 is 0 Å². The molecule has 0 aliphatic carbocycles. The van der Waals surface area contributed by atoms with Gasteiger partial charge in [-0.25, -0.2) is 8.78 Å². The van der Waals surface area contributed by atoms with E-state index >= 15 is 0 Å². The van der Waals surface area contributed by atoms with Crippen LogP contribution >= 0.6 is 0 Å². The predicted molar refractivity (Wildman–Crippen MR) is 46.9 cm³/mol. The van der Waals surface area contributed by atoms with Crippen molar-refractivity contribution in [2.75, 3.05) is 13.1 Å². The molecule has 1 aromatic rings. The number of halogens is 2. The van der Waals surface area contributed by atoms with Crippen molar-refractivity contribution >= 4 is 5.91 Å². The van der Waals surface area contributed by atoms with E-state index in [1.807, 2.05) is 0 Å². The normalized spacial score (nSPS) is 15.1. The smallest absolute Gasteiger partial charge is 0.253 e. The van der Waals surface area contributed by atoms with Crippen LogP contribution in [-0.4, -0.2) is 23.9 Å². The molecule has 0 radical (unpaired) electrons. The van der Waals surface area contributed by atoms with E-state index in [-0.39, 0.29) is 11.5 Å². The molecule has 1 aliphatic rings. The van der Waals surface area contributed by atoms with Gasteiger partial charge in [0.2, 0.25) is 0 Å². The second-order valence-corrected chi connectivity index (χ2v) is 3.27. The maximum Gasteiger partial charge on any atom is 0.253 e. The zero-order valence-electron chi connectivity index (χ0n) is 7.46. The van der Waals surface area contributed by atoms with Crippen LogP contribution in [0.2, 0.25) is 0 Å². The van der Waals surface area contributed by atoms with E-state index in [4.69, 9.17) is 0 Å². The molecule has 1 saturated heterocycles. The van der Waals surface area contributed by atoms with E-state index in [1.54, 1.807) is 4.90 Å². The predicted octanol–water partition coefficient (Wildman–Crippen LogP) is 1.81. The summed E-state index contributed by atoms with van der Waals surface area (Å²) in [5, 5.41) is 0. The fourth-order valence-corrected chi connectivity index (χ4v) is 1.33. The van der Waals surface area contributed by atoms with Gasteiger partial charge in [-0.1, -0.05) is 0 Å². The first-order valence-electron chi connectivity index (χ1n) is 4.43. The molecule has 1 aromatic carbocycles. The lowest BCUT2D eigenvalue weighted by Crippen LogP contribution is -2.42. The van der Waals surface area contributed by atoms with Gasteiger partial charge in [0.05, 0.1) is 0 Å². The van der Waals surface area contributed by atoms with Gasteiger partial charge in [-0.15, -0.1) is 0 Å². The minimum atomic E-state index is -0.976. The Labute approximate surface area is 80.1 Å². The lowest BCUT2D eigenvalue weighted by Gasteiger charge is -2.30. The number of nitrogens with zero attached hydrogens (tertiary/aromatic N) is 1. The number of carbonyl (C=O) groups is 1. The van der Waals surface area contributed by atoms with Crippen molar-refractivity contribution in [3.63, 3.8) is 0 Å². The zero-order valence-corrected chi connectivity index (χ0v) is 7.46. The van der Waals surface area contributed by atoms with Crippen molar-refractivity contribution in [1.29, 1.82) is 0 Å². The van der Waals surface area contributed by atoms with Crippen molar-refractivity contribution in [3.05, 3.63) is 35.4 Å². The zero-order chi connectivity index (χ0) is 10.1. The van der Waals surface area contributed by atoms with Crippen molar-refractivity contribution in [1.82, 2.24) is 4.90 Å². The average molecular weight is 197 g/mol. The number of likely N-dealkylation sites (tertiary alicyclic amines) is 1. The highest BCUT2D eigenvalue weighted by Gasteiger charge is 2.22. The fourth-order valence-electron chi connectivity index (χ4n) is 1.33. The highest BCUT2D eigenvalue weighted by Crippen LogP contribution is 2.14. The van der Waals surface area contributed by atoms with Crippen LogP contribution in [0.15, 0.2) is 18.2 Å². The van der Waals surface area contributed by atoms with Crippen LogP contribution in [0.5, 0.6) is 0 Å². The summed E-state index contributed by atoms with van der Waals surface area (Å²) in [6.07, 6.45) is 0.982. The van der Waals surface area contributed by atoms with Crippen LogP contribution in [0.25, 0.3) is 0 Å².